The second kappa shape index (κ2) is 12.9. The SMILES string of the molecule is CCOC(=O)Cc1ccc(-c2csc(Nc3ccc(OCCCCc4ccccc4)c(C(F)(F)F)c3)n2)s1. The van der Waals surface area contributed by atoms with Crippen molar-refractivity contribution in [3.63, 3.8) is 0 Å². The van der Waals surface area contributed by atoms with E-state index in [0.717, 1.165) is 28.7 Å². The van der Waals surface area contributed by atoms with E-state index >= 15 is 0 Å². The summed E-state index contributed by atoms with van der Waals surface area (Å²) >= 11 is 2.71. The van der Waals surface area contributed by atoms with Crippen molar-refractivity contribution in [2.45, 2.75) is 38.8 Å². The van der Waals surface area contributed by atoms with E-state index in [1.807, 2.05) is 47.8 Å². The summed E-state index contributed by atoms with van der Waals surface area (Å²) < 4.78 is 51.8. The van der Waals surface area contributed by atoms with E-state index in [1.54, 1.807) is 13.0 Å². The molecule has 5 nitrogen and oxygen atoms in total. The molecule has 0 fully saturated rings. The fourth-order valence-electron chi connectivity index (χ4n) is 3.75. The molecule has 0 amide bonds. The van der Waals surface area contributed by atoms with Gasteiger partial charge in [0.05, 0.1) is 35.8 Å². The number of alkyl halides is 3. The Kier molecular flexibility index (Phi) is 9.41. The third-order valence-corrected chi connectivity index (χ3v) is 7.40. The van der Waals surface area contributed by atoms with E-state index in [1.165, 1.54) is 34.3 Å². The number of carbonyl (C=O) groups is 1. The summed E-state index contributed by atoms with van der Waals surface area (Å²) in [6.45, 7) is 2.29. The molecule has 0 radical (unpaired) electrons. The first-order valence-corrected chi connectivity index (χ1v) is 13.9. The first-order valence-electron chi connectivity index (χ1n) is 12.2. The zero-order valence-electron chi connectivity index (χ0n) is 20.7. The van der Waals surface area contributed by atoms with E-state index in [9.17, 15) is 18.0 Å². The number of unbranched alkanes of at least 4 members (excludes halogenated alkanes) is 1. The summed E-state index contributed by atoms with van der Waals surface area (Å²) in [6.07, 6.45) is -2.04. The molecule has 0 aliphatic heterocycles. The summed E-state index contributed by atoms with van der Waals surface area (Å²) in [5.74, 6) is -0.475. The smallest absolute Gasteiger partial charge is 0.420 e. The Balaban J connectivity index is 1.36. The van der Waals surface area contributed by atoms with Crippen LogP contribution in [0, 0.1) is 0 Å². The number of hydrogen-bond acceptors (Lipinski definition) is 7. The second-order valence-electron chi connectivity index (χ2n) is 8.41. The minimum Gasteiger partial charge on any atom is -0.493 e. The quantitative estimate of drug-likeness (QED) is 0.140. The molecule has 0 atom stereocenters. The van der Waals surface area contributed by atoms with Gasteiger partial charge in [0.2, 0.25) is 0 Å². The Labute approximate surface area is 227 Å². The van der Waals surface area contributed by atoms with Gasteiger partial charge in [0.25, 0.3) is 0 Å². The maximum absolute atomic E-state index is 13.8. The Morgan fingerprint density at radius 1 is 1.05 bits per heavy atom. The molecule has 0 spiro atoms. The number of carbonyl (C=O) groups excluding carboxylic acids is 1. The summed E-state index contributed by atoms with van der Waals surface area (Å²) in [5.41, 5.74) is 1.32. The van der Waals surface area contributed by atoms with E-state index in [0.29, 0.717) is 23.9 Å². The first-order chi connectivity index (χ1) is 18.3. The van der Waals surface area contributed by atoms with Crippen LogP contribution in [0.15, 0.2) is 66.0 Å². The topological polar surface area (TPSA) is 60.5 Å². The number of hydrogen-bond donors (Lipinski definition) is 1. The van der Waals surface area contributed by atoms with Crippen LogP contribution in [0.4, 0.5) is 24.0 Å². The molecule has 4 rings (SSSR count). The number of anilines is 2. The molecule has 0 unspecified atom stereocenters. The van der Waals surface area contributed by atoms with Crippen molar-refractivity contribution in [2.75, 3.05) is 18.5 Å². The summed E-state index contributed by atoms with van der Waals surface area (Å²) in [6, 6.07) is 17.6. The third-order valence-electron chi connectivity index (χ3n) is 5.54. The molecule has 2 heterocycles. The number of benzene rings is 2. The maximum Gasteiger partial charge on any atom is 0.420 e. The lowest BCUT2D eigenvalue weighted by atomic mass is 10.1. The highest BCUT2D eigenvalue weighted by molar-refractivity contribution is 7.17. The zero-order chi connectivity index (χ0) is 27.0. The number of thiophene rings is 1. The largest absolute Gasteiger partial charge is 0.493 e. The van der Waals surface area contributed by atoms with Gasteiger partial charge in [-0.2, -0.15) is 13.2 Å². The minimum absolute atomic E-state index is 0.185. The highest BCUT2D eigenvalue weighted by atomic mass is 32.1. The normalized spacial score (nSPS) is 11.4. The van der Waals surface area contributed by atoms with Gasteiger partial charge in [-0.3, -0.25) is 4.79 Å². The number of esters is 1. The van der Waals surface area contributed by atoms with Crippen LogP contribution in [0.25, 0.3) is 10.6 Å². The number of ether oxygens (including phenoxy) is 2. The van der Waals surface area contributed by atoms with Gasteiger partial charge in [0.1, 0.15) is 5.75 Å². The number of aryl methyl sites for hydroxylation is 1. The lowest BCUT2D eigenvalue weighted by Crippen LogP contribution is -2.10. The van der Waals surface area contributed by atoms with Gasteiger partial charge >= 0.3 is 12.1 Å². The summed E-state index contributed by atoms with van der Waals surface area (Å²) in [7, 11) is 0. The van der Waals surface area contributed by atoms with Crippen LogP contribution < -0.4 is 10.1 Å². The van der Waals surface area contributed by atoms with Crippen molar-refractivity contribution in [3.05, 3.63) is 82.0 Å². The van der Waals surface area contributed by atoms with E-state index in [-0.39, 0.29) is 30.4 Å². The van der Waals surface area contributed by atoms with Crippen LogP contribution in [0.1, 0.15) is 35.8 Å². The van der Waals surface area contributed by atoms with Crippen LogP contribution in [0.2, 0.25) is 0 Å². The van der Waals surface area contributed by atoms with Gasteiger partial charge < -0.3 is 14.8 Å². The lowest BCUT2D eigenvalue weighted by Gasteiger charge is -2.15. The molecular formula is C28H27F3N2O3S2. The minimum atomic E-state index is -4.56. The van der Waals surface area contributed by atoms with Gasteiger partial charge in [-0.15, -0.1) is 22.7 Å². The molecule has 0 saturated carbocycles. The molecule has 10 heteroatoms. The maximum atomic E-state index is 13.8. The molecular weight excluding hydrogens is 533 g/mol. The van der Waals surface area contributed by atoms with E-state index in [4.69, 9.17) is 9.47 Å². The monoisotopic (exact) mass is 560 g/mol. The van der Waals surface area contributed by atoms with Crippen molar-refractivity contribution < 1.29 is 27.4 Å². The molecule has 2 aromatic carbocycles. The molecule has 1 N–H and O–H groups in total. The van der Waals surface area contributed by atoms with Gasteiger partial charge in [-0.25, -0.2) is 4.98 Å². The Bertz CT molecular complexity index is 1340. The average Bonchev–Trinajstić information content (AvgIpc) is 3.54. The molecule has 4 aromatic rings. The molecule has 0 saturated heterocycles. The number of aromatic nitrogens is 1. The van der Waals surface area contributed by atoms with Gasteiger partial charge in [0.15, 0.2) is 5.13 Å². The van der Waals surface area contributed by atoms with Crippen molar-refractivity contribution >= 4 is 39.5 Å². The standard InChI is InChI=1S/C28H27F3N2O3S2/c1-2-35-26(34)17-21-12-14-25(38-21)23-18-37-27(33-23)32-20-11-13-24(22(16-20)28(29,30)31)36-15-7-6-10-19-8-4-3-5-9-19/h3-5,8-9,11-14,16,18H,2,6-7,10,15,17H2,1H3,(H,32,33). The molecule has 0 bridgehead atoms. The molecule has 38 heavy (non-hydrogen) atoms. The van der Waals surface area contributed by atoms with Gasteiger partial charge in [0, 0.05) is 15.9 Å². The van der Waals surface area contributed by atoms with E-state index < -0.39 is 11.7 Å². The Morgan fingerprint density at radius 2 is 1.87 bits per heavy atom. The summed E-state index contributed by atoms with van der Waals surface area (Å²) in [4.78, 5) is 17.9. The molecule has 0 aliphatic carbocycles. The number of thiazole rings is 1. The van der Waals surface area contributed by atoms with Gasteiger partial charge in [-0.1, -0.05) is 30.3 Å². The second-order valence-corrected chi connectivity index (χ2v) is 10.4. The van der Waals surface area contributed by atoms with Crippen LogP contribution in [-0.2, 0) is 28.5 Å². The molecule has 200 valence electrons. The summed E-state index contributed by atoms with van der Waals surface area (Å²) in [5, 5.41) is 5.25. The average molecular weight is 561 g/mol. The fourth-order valence-corrected chi connectivity index (χ4v) is 5.50. The van der Waals surface area contributed by atoms with Crippen molar-refractivity contribution in [2.24, 2.45) is 0 Å². The van der Waals surface area contributed by atoms with Crippen LogP contribution >= 0.6 is 22.7 Å². The lowest BCUT2D eigenvalue weighted by molar-refractivity contribution is -0.142. The van der Waals surface area contributed by atoms with E-state index in [2.05, 4.69) is 10.3 Å². The molecule has 0 aliphatic rings. The van der Waals surface area contributed by atoms with Crippen molar-refractivity contribution in [1.29, 1.82) is 0 Å². The van der Waals surface area contributed by atoms with Crippen LogP contribution in [0.5, 0.6) is 5.75 Å². The number of nitrogens with zero attached hydrogens (tertiary/aromatic N) is 1. The first kappa shape index (κ1) is 27.7. The predicted octanol–water partition coefficient (Wildman–Crippen LogP) is 8.14. The highest BCUT2D eigenvalue weighted by Crippen LogP contribution is 2.39. The highest BCUT2D eigenvalue weighted by Gasteiger charge is 2.34. The van der Waals surface area contributed by atoms with Crippen LogP contribution in [-0.4, -0.2) is 24.2 Å². The van der Waals surface area contributed by atoms with Crippen LogP contribution in [0.3, 0.4) is 0 Å². The number of nitrogens with one attached hydrogen (secondary N) is 1. The fraction of sp³-hybridized carbons (Fsp3) is 0.286. The number of halogens is 3. The number of rotatable bonds is 12. The van der Waals surface area contributed by atoms with Gasteiger partial charge in [-0.05, 0) is 62.1 Å². The van der Waals surface area contributed by atoms with Crippen molar-refractivity contribution in [1.82, 2.24) is 4.98 Å². The Hall–Kier alpha value is -3.37. The predicted molar refractivity (Wildman–Crippen MR) is 145 cm³/mol. The van der Waals surface area contributed by atoms with Crippen molar-refractivity contribution in [3.8, 4) is 16.3 Å². The molecule has 2 aromatic heterocycles. The Morgan fingerprint density at radius 3 is 2.63 bits per heavy atom. The third kappa shape index (κ3) is 7.82. The zero-order valence-corrected chi connectivity index (χ0v) is 22.3.